The first-order chi connectivity index (χ1) is 14.8. The van der Waals surface area contributed by atoms with Gasteiger partial charge in [-0.1, -0.05) is 39.0 Å². The van der Waals surface area contributed by atoms with Gasteiger partial charge in [0.25, 0.3) is 5.56 Å². The van der Waals surface area contributed by atoms with Gasteiger partial charge in [-0.05, 0) is 12.5 Å². The average molecular weight is 435 g/mol. The van der Waals surface area contributed by atoms with Gasteiger partial charge in [-0.2, -0.15) is 4.98 Å². The Bertz CT molecular complexity index is 1050. The molecule has 3 aromatic heterocycles. The summed E-state index contributed by atoms with van der Waals surface area (Å²) in [7, 11) is 0. The van der Waals surface area contributed by atoms with Gasteiger partial charge in [-0.25, -0.2) is 9.87 Å². The molecule has 10 heteroatoms. The molecule has 0 unspecified atom stereocenters. The van der Waals surface area contributed by atoms with Crippen LogP contribution in [0.5, 0.6) is 6.01 Å². The molecule has 162 valence electrons. The van der Waals surface area contributed by atoms with E-state index in [2.05, 4.69) is 22.5 Å². The molecule has 4 rings (SSSR count). The number of hydrogen-bond donors (Lipinski definition) is 2. The van der Waals surface area contributed by atoms with Crippen molar-refractivity contribution in [1.29, 1.82) is 0 Å². The zero-order valence-corrected chi connectivity index (χ0v) is 17.8. The molecule has 30 heavy (non-hydrogen) atoms. The highest BCUT2D eigenvalue weighted by Crippen LogP contribution is 2.32. The summed E-state index contributed by atoms with van der Waals surface area (Å²) in [5, 5.41) is 0.815. The quantitative estimate of drug-likeness (QED) is 0.267. The van der Waals surface area contributed by atoms with E-state index in [9.17, 15) is 4.79 Å². The van der Waals surface area contributed by atoms with Crippen molar-refractivity contribution in [1.82, 2.24) is 20.6 Å². The van der Waals surface area contributed by atoms with E-state index < -0.39 is 0 Å². The van der Waals surface area contributed by atoms with E-state index in [0.29, 0.717) is 30.0 Å². The number of ether oxygens (including phenoxy) is 1. The van der Waals surface area contributed by atoms with Crippen molar-refractivity contribution in [2.24, 2.45) is 0 Å². The molecular weight excluding hydrogens is 408 g/mol. The maximum Gasteiger partial charge on any atom is 0.320 e. The lowest BCUT2D eigenvalue weighted by molar-refractivity contribution is -0.382. The number of unbranched alkanes of at least 4 members (excludes halogenated alkanes) is 5. The molecule has 1 aliphatic rings. The fourth-order valence-corrected chi connectivity index (χ4v) is 4.45. The molecule has 2 N–H and O–H groups in total. The molecule has 0 radical (unpaired) electrons. The molecule has 4 heterocycles. The van der Waals surface area contributed by atoms with Crippen LogP contribution in [0.4, 0.5) is 0 Å². The van der Waals surface area contributed by atoms with Crippen molar-refractivity contribution in [3.63, 3.8) is 0 Å². The number of aromatic nitrogens is 3. The molecule has 9 nitrogen and oxygen atoms in total. The smallest absolute Gasteiger partial charge is 0.320 e. The molecule has 0 saturated carbocycles. The maximum absolute atomic E-state index is 12.5. The Hall–Kier alpha value is -2.11. The van der Waals surface area contributed by atoms with Crippen LogP contribution in [0.3, 0.4) is 0 Å². The zero-order chi connectivity index (χ0) is 20.8. The Labute approximate surface area is 177 Å². The lowest BCUT2D eigenvalue weighted by Crippen LogP contribution is -2.22. The summed E-state index contributed by atoms with van der Waals surface area (Å²) < 4.78 is 6.02. The predicted octanol–water partition coefficient (Wildman–Crippen LogP) is 3.71. The largest absolute Gasteiger partial charge is 0.376 e. The molecule has 0 amide bonds. The number of nitrogens with zero attached hydrogens (tertiary/aromatic N) is 2. The average Bonchev–Trinajstić information content (AvgIpc) is 3.11. The first-order valence-electron chi connectivity index (χ1n) is 10.4. The minimum Gasteiger partial charge on any atom is -0.376 e. The van der Waals surface area contributed by atoms with Crippen LogP contribution < -0.4 is 16.0 Å². The second-order valence-electron chi connectivity index (χ2n) is 7.26. The molecular formula is C20H26N4O5S. The summed E-state index contributed by atoms with van der Waals surface area (Å²) in [4.78, 5) is 39.9. The molecule has 0 saturated heterocycles. The zero-order valence-electron chi connectivity index (χ0n) is 17.0. The maximum atomic E-state index is 12.5. The molecule has 0 spiro atoms. The third-order valence-corrected chi connectivity index (χ3v) is 6.11. The van der Waals surface area contributed by atoms with Gasteiger partial charge in [0.2, 0.25) is 0 Å². The van der Waals surface area contributed by atoms with Crippen molar-refractivity contribution in [2.45, 2.75) is 58.5 Å². The van der Waals surface area contributed by atoms with Crippen molar-refractivity contribution < 1.29 is 19.5 Å². The molecule has 0 bridgehead atoms. The van der Waals surface area contributed by atoms with Crippen LogP contribution in [0.2, 0.25) is 0 Å². The highest BCUT2D eigenvalue weighted by atomic mass is 32.1. The number of nitrogens with one attached hydrogen (secondary N) is 2. The molecule has 3 aromatic rings. The first kappa shape index (κ1) is 21.1. The number of fused-ring (bicyclic) bond motifs is 4. The minimum absolute atomic E-state index is 0.00987. The lowest BCUT2D eigenvalue weighted by atomic mass is 10.1. The highest BCUT2D eigenvalue weighted by molar-refractivity contribution is 7.25. The monoisotopic (exact) mass is 434 g/mol. The Morgan fingerprint density at radius 3 is 3.00 bits per heavy atom. The second-order valence-corrected chi connectivity index (χ2v) is 8.26. The Morgan fingerprint density at radius 2 is 2.10 bits per heavy atom. The van der Waals surface area contributed by atoms with Crippen LogP contribution in [0, 0.1) is 0 Å². The van der Waals surface area contributed by atoms with Crippen molar-refractivity contribution in [3.8, 4) is 6.01 Å². The van der Waals surface area contributed by atoms with Crippen LogP contribution in [0.25, 0.3) is 20.4 Å². The fraction of sp³-hybridized carbons (Fsp3) is 0.550. The van der Waals surface area contributed by atoms with Gasteiger partial charge in [-0.3, -0.25) is 9.78 Å². The molecule has 1 aliphatic heterocycles. The van der Waals surface area contributed by atoms with Crippen LogP contribution in [0.1, 0.15) is 56.7 Å². The summed E-state index contributed by atoms with van der Waals surface area (Å²) >= 11 is 1.32. The summed E-state index contributed by atoms with van der Waals surface area (Å²) in [5.41, 5.74) is 4.51. The van der Waals surface area contributed by atoms with E-state index >= 15 is 0 Å². The normalized spacial score (nSPS) is 13.8. The van der Waals surface area contributed by atoms with E-state index in [1.54, 1.807) is 0 Å². The van der Waals surface area contributed by atoms with Crippen LogP contribution >= 0.6 is 11.3 Å². The van der Waals surface area contributed by atoms with Gasteiger partial charge < -0.3 is 9.57 Å². The number of rotatable bonds is 11. The van der Waals surface area contributed by atoms with E-state index in [-0.39, 0.29) is 11.6 Å². The van der Waals surface area contributed by atoms with Gasteiger partial charge in [0, 0.05) is 28.7 Å². The Kier molecular flexibility index (Phi) is 7.24. The minimum atomic E-state index is -0.290. The summed E-state index contributed by atoms with van der Waals surface area (Å²) in [6.45, 7) is 3.84. The predicted molar refractivity (Wildman–Crippen MR) is 113 cm³/mol. The van der Waals surface area contributed by atoms with Crippen molar-refractivity contribution in [2.75, 3.05) is 13.2 Å². The number of hydrogen-bond acceptors (Lipinski definition) is 9. The van der Waals surface area contributed by atoms with Crippen LogP contribution in [-0.2, 0) is 27.6 Å². The van der Waals surface area contributed by atoms with Crippen LogP contribution in [0.15, 0.2) is 10.9 Å². The second kappa shape index (κ2) is 10.3. The third kappa shape index (κ3) is 4.96. The van der Waals surface area contributed by atoms with E-state index in [1.807, 2.05) is 6.07 Å². The molecule has 0 atom stereocenters. The van der Waals surface area contributed by atoms with Gasteiger partial charge in [0.15, 0.2) is 0 Å². The summed E-state index contributed by atoms with van der Waals surface area (Å²) in [6, 6.07) is 1.99. The number of aromatic amines is 1. The van der Waals surface area contributed by atoms with Gasteiger partial charge in [0.05, 0.1) is 19.8 Å². The van der Waals surface area contributed by atoms with E-state index in [4.69, 9.17) is 24.4 Å². The van der Waals surface area contributed by atoms with Crippen molar-refractivity contribution >= 4 is 31.8 Å². The van der Waals surface area contributed by atoms with Gasteiger partial charge in [-0.15, -0.1) is 16.3 Å². The number of H-pyrrole nitrogens is 1. The standard InChI is InChI=1S/C20H26N4O5S/c1-2-3-4-5-6-7-9-27-29-24-28-20-22-16-14-11-13-12-26-10-8-15(13)21-19(14)30-17(16)18(25)23-20/h11,24H,2-10,12H2,1H3,(H,22,23,25). The third-order valence-electron chi connectivity index (χ3n) is 5.02. The first-order valence-corrected chi connectivity index (χ1v) is 11.2. The molecule has 0 aromatic carbocycles. The lowest BCUT2D eigenvalue weighted by Gasteiger charge is -2.14. The fourth-order valence-electron chi connectivity index (χ4n) is 3.44. The van der Waals surface area contributed by atoms with Gasteiger partial charge in [0.1, 0.15) is 15.0 Å². The number of thiophene rings is 1. The number of pyridine rings is 1. The molecule has 0 fully saturated rings. The van der Waals surface area contributed by atoms with Gasteiger partial charge >= 0.3 is 6.01 Å². The summed E-state index contributed by atoms with van der Waals surface area (Å²) in [6.07, 6.45) is 7.74. The SMILES string of the molecule is CCCCCCCCOONOc1nc2c(sc3nc4c(cc32)COCC4)c(=O)[nH]1. The topological polar surface area (TPSA) is 108 Å². The van der Waals surface area contributed by atoms with E-state index in [0.717, 1.165) is 40.7 Å². The Morgan fingerprint density at radius 1 is 1.23 bits per heavy atom. The Balaban J connectivity index is 1.35. The van der Waals surface area contributed by atoms with Crippen LogP contribution in [-0.4, -0.2) is 28.2 Å². The highest BCUT2D eigenvalue weighted by Gasteiger charge is 2.18. The molecule has 0 aliphatic carbocycles. The summed E-state index contributed by atoms with van der Waals surface area (Å²) in [5.74, 6) is 0. The van der Waals surface area contributed by atoms with E-state index in [1.165, 1.54) is 37.0 Å². The van der Waals surface area contributed by atoms with Crippen molar-refractivity contribution in [3.05, 3.63) is 27.7 Å².